The number of benzene rings is 2. The Balaban J connectivity index is 0.000000172. The first-order valence-electron chi connectivity index (χ1n) is 20.8. The van der Waals surface area contributed by atoms with Crippen molar-refractivity contribution in [2.45, 2.75) is 37.6 Å². The lowest BCUT2D eigenvalue weighted by molar-refractivity contribution is -0.138. The number of hydrogen-bond acceptors (Lipinski definition) is 15. The van der Waals surface area contributed by atoms with Crippen LogP contribution in [0.5, 0.6) is 0 Å². The fourth-order valence-electron chi connectivity index (χ4n) is 8.37. The number of anilines is 2. The predicted octanol–water partition coefficient (Wildman–Crippen LogP) is 2.57. The number of aliphatic carboxylic acids is 1. The Labute approximate surface area is 355 Å². The van der Waals surface area contributed by atoms with Crippen LogP contribution in [0.15, 0.2) is 49.1 Å². The zero-order valence-electron chi connectivity index (χ0n) is 34.9. The van der Waals surface area contributed by atoms with E-state index in [2.05, 4.69) is 60.9 Å². The average Bonchev–Trinajstić information content (AvgIpc) is 3.24. The molecule has 4 aliphatic rings. The Bertz CT molecular complexity index is 2190. The number of fused-ring (bicyclic) bond motifs is 2. The Morgan fingerprint density at radius 3 is 1.57 bits per heavy atom. The number of ketones is 1. The summed E-state index contributed by atoms with van der Waals surface area (Å²) in [5.74, 6) is -0.575. The first-order valence-corrected chi connectivity index (χ1v) is 20.8. The molecule has 0 spiro atoms. The molecule has 0 saturated carbocycles. The molecule has 324 valence electrons. The number of rotatable bonds is 8. The molecule has 8 rings (SSSR count). The highest BCUT2D eigenvalue weighted by atomic mass is 19.1. The van der Waals surface area contributed by atoms with Crippen LogP contribution in [0.1, 0.15) is 30.4 Å². The van der Waals surface area contributed by atoms with E-state index in [9.17, 15) is 23.6 Å². The van der Waals surface area contributed by atoms with E-state index in [1.807, 2.05) is 20.8 Å². The monoisotopic (exact) mass is 839 g/mol. The number of piperazine rings is 2. The number of nitrogens with two attached hydrogens (primary N) is 1. The largest absolute Gasteiger partial charge is 0.480 e. The molecule has 0 unspecified atom stereocenters. The maximum atomic E-state index is 14.6. The molecular weight excluding hydrogens is 785 g/mol. The van der Waals surface area contributed by atoms with Gasteiger partial charge < -0.3 is 30.4 Å². The van der Waals surface area contributed by atoms with E-state index in [0.717, 1.165) is 63.7 Å². The smallest absolute Gasteiger partial charge is 0.317 e. The van der Waals surface area contributed by atoms with Crippen LogP contribution >= 0.6 is 0 Å². The number of nitriles is 2. The molecule has 16 nitrogen and oxygen atoms in total. The number of hydrogen-bond donors (Lipinski definition) is 2. The van der Waals surface area contributed by atoms with Gasteiger partial charge in [0.05, 0.1) is 35.6 Å². The molecule has 4 fully saturated rings. The van der Waals surface area contributed by atoms with E-state index >= 15 is 0 Å². The molecule has 0 amide bonds. The van der Waals surface area contributed by atoms with Gasteiger partial charge in [-0.1, -0.05) is 0 Å². The zero-order valence-corrected chi connectivity index (χ0v) is 34.9. The van der Waals surface area contributed by atoms with E-state index in [1.165, 1.54) is 0 Å². The quantitative estimate of drug-likeness (QED) is 0.262. The van der Waals surface area contributed by atoms with Crippen molar-refractivity contribution < 1.29 is 23.5 Å². The first-order chi connectivity index (χ1) is 29.4. The highest BCUT2D eigenvalue weighted by molar-refractivity contribution is 5.93. The van der Waals surface area contributed by atoms with E-state index < -0.39 is 18.3 Å². The number of alkyl halides is 2. The van der Waals surface area contributed by atoms with Crippen molar-refractivity contribution in [3.63, 3.8) is 0 Å². The van der Waals surface area contributed by atoms with Crippen LogP contribution in [0.4, 0.5) is 20.2 Å². The Hall–Kier alpha value is -5.50. The molecule has 6 heterocycles. The second-order valence-corrected chi connectivity index (χ2v) is 16.4. The van der Waals surface area contributed by atoms with Crippen LogP contribution in [0.2, 0.25) is 0 Å². The Morgan fingerprint density at radius 1 is 0.672 bits per heavy atom. The summed E-state index contributed by atoms with van der Waals surface area (Å²) >= 11 is 0. The van der Waals surface area contributed by atoms with Crippen molar-refractivity contribution in [1.82, 2.24) is 39.5 Å². The highest BCUT2D eigenvalue weighted by Gasteiger charge is 2.31. The van der Waals surface area contributed by atoms with Gasteiger partial charge in [0, 0.05) is 116 Å². The molecule has 4 atom stereocenters. The topological polar surface area (TPSA) is 199 Å². The van der Waals surface area contributed by atoms with Crippen LogP contribution < -0.4 is 15.5 Å². The van der Waals surface area contributed by atoms with Gasteiger partial charge in [0.1, 0.15) is 52.3 Å². The molecule has 0 aliphatic carbocycles. The molecule has 3 N–H and O–H groups in total. The van der Waals surface area contributed by atoms with Crippen molar-refractivity contribution in [3.8, 4) is 12.1 Å². The lowest BCUT2D eigenvalue weighted by Gasteiger charge is -2.37. The van der Waals surface area contributed by atoms with Crippen molar-refractivity contribution in [2.75, 3.05) is 116 Å². The summed E-state index contributed by atoms with van der Waals surface area (Å²) in [4.78, 5) is 52.6. The van der Waals surface area contributed by atoms with Gasteiger partial charge in [-0.15, -0.1) is 0 Å². The third kappa shape index (κ3) is 12.3. The summed E-state index contributed by atoms with van der Waals surface area (Å²) in [6, 6.07) is 11.1. The van der Waals surface area contributed by atoms with Crippen molar-refractivity contribution in [2.24, 2.45) is 11.7 Å². The number of aromatic nitrogens is 4. The van der Waals surface area contributed by atoms with Gasteiger partial charge in [-0.2, -0.15) is 10.5 Å². The molecule has 2 aromatic heterocycles. The van der Waals surface area contributed by atoms with Crippen molar-refractivity contribution in [3.05, 3.63) is 60.2 Å². The van der Waals surface area contributed by atoms with Crippen molar-refractivity contribution >= 4 is 45.2 Å². The minimum absolute atomic E-state index is 0.0314. The molecule has 18 heteroatoms. The number of piperidine rings is 2. The van der Waals surface area contributed by atoms with E-state index in [0.29, 0.717) is 78.6 Å². The Morgan fingerprint density at radius 2 is 1.11 bits per heavy atom. The number of carboxylic acids is 1. The molecule has 0 radical (unpaired) electrons. The lowest BCUT2D eigenvalue weighted by Crippen LogP contribution is -2.48. The third-order valence-electron chi connectivity index (χ3n) is 11.5. The first kappa shape index (κ1) is 45.0. The number of likely N-dealkylation sites (N-methyl/N-ethyl adjacent to an activating group) is 2. The molecule has 61 heavy (non-hydrogen) atoms. The summed E-state index contributed by atoms with van der Waals surface area (Å²) in [5, 5.41) is 26.9. The number of carbonyl (C=O) groups excluding carboxylic acids is 1. The number of carboxylic acid groups (broad SMARTS) is 1. The minimum Gasteiger partial charge on any atom is -0.480 e. The summed E-state index contributed by atoms with van der Waals surface area (Å²) in [5.41, 5.74) is 10.7. The maximum Gasteiger partial charge on any atom is 0.317 e. The second-order valence-electron chi connectivity index (χ2n) is 16.4. The zero-order chi connectivity index (χ0) is 43.5. The van der Waals surface area contributed by atoms with Gasteiger partial charge in [0.25, 0.3) is 0 Å². The molecule has 2 aromatic carbocycles. The van der Waals surface area contributed by atoms with Gasteiger partial charge in [0.15, 0.2) is 0 Å². The number of nitrogens with zero attached hydrogens (tertiary/aromatic N) is 12. The maximum absolute atomic E-state index is 14.6. The van der Waals surface area contributed by atoms with Gasteiger partial charge in [-0.05, 0) is 57.1 Å². The minimum atomic E-state index is -0.998. The van der Waals surface area contributed by atoms with Gasteiger partial charge in [-0.25, -0.2) is 8.78 Å². The molecule has 4 aliphatic heterocycles. The molecular formula is C43H55F2N13O3. The van der Waals surface area contributed by atoms with Crippen LogP contribution in [0, 0.1) is 28.6 Å². The number of halogens is 2. The van der Waals surface area contributed by atoms with Crippen LogP contribution in [0.3, 0.4) is 0 Å². The SMILES string of the molecule is CN1CCN(CC(=O)C[C@@H]2C[C@H](F)CN(c3ccc(C#N)c4nccnc34)C2)CC1.CN1CCN(CC(=O)O)CC1.N#Cc1ccc(N2C[C@H](N)C[C@H](F)C2)c2nccnc12. The van der Waals surface area contributed by atoms with Crippen LogP contribution in [0.25, 0.3) is 22.1 Å². The normalized spacial score (nSPS) is 22.9. The standard InChI is InChI=1S/C22H27FN6O.C14H14FN5.C7H14N2O2/c1-27-6-8-28(9-7-27)15-19(30)11-16-10-18(23)14-29(13-16)20-3-2-17(12-24)21-22(20)26-5-4-25-21;15-10-5-11(17)8-20(7-10)12-2-1-9(6-16)13-14(12)19-4-3-18-13;1-8-2-4-9(5-3-8)6-7(10)11/h2-5,16,18H,6-11,13-15H2,1H3;1-4,10-11H,5,7-8,17H2;2-6H2,1H3,(H,10,11)/t16-,18-;10-,11+;/m00./s1. The molecule has 0 bridgehead atoms. The van der Waals surface area contributed by atoms with E-state index in [-0.39, 0.29) is 30.8 Å². The predicted molar refractivity (Wildman–Crippen MR) is 229 cm³/mol. The van der Waals surface area contributed by atoms with Crippen molar-refractivity contribution in [1.29, 1.82) is 10.5 Å². The second kappa shape index (κ2) is 21.3. The van der Waals surface area contributed by atoms with E-state index in [1.54, 1.807) is 43.0 Å². The summed E-state index contributed by atoms with van der Waals surface area (Å²) < 4.78 is 28.3. The van der Waals surface area contributed by atoms with Crippen LogP contribution in [-0.2, 0) is 9.59 Å². The number of carbonyl (C=O) groups is 2. The fourth-order valence-corrected chi connectivity index (χ4v) is 8.37. The summed E-state index contributed by atoms with van der Waals surface area (Å²) in [6.07, 6.45) is 5.51. The summed E-state index contributed by atoms with van der Waals surface area (Å²) in [6.45, 7) is 9.86. The molecule has 4 aromatic rings. The highest BCUT2D eigenvalue weighted by Crippen LogP contribution is 2.32. The summed E-state index contributed by atoms with van der Waals surface area (Å²) in [7, 11) is 4.15. The van der Waals surface area contributed by atoms with E-state index in [4.69, 9.17) is 16.1 Å². The number of Topliss-reactive ketones (excluding diaryl/α,β-unsaturated/α-hetero) is 1. The van der Waals surface area contributed by atoms with Gasteiger partial charge >= 0.3 is 5.97 Å². The Kier molecular flexibility index (Phi) is 15.8. The van der Waals surface area contributed by atoms with Gasteiger partial charge in [0.2, 0.25) is 0 Å². The van der Waals surface area contributed by atoms with Crippen LogP contribution in [-0.4, -0.2) is 181 Å². The fraction of sp³-hybridized carbons (Fsp3) is 0.535. The van der Waals surface area contributed by atoms with Gasteiger partial charge in [-0.3, -0.25) is 39.3 Å². The lowest BCUT2D eigenvalue weighted by atomic mass is 9.91. The molecule has 4 saturated heterocycles. The average molecular weight is 840 g/mol. The third-order valence-corrected chi connectivity index (χ3v) is 11.5.